The fraction of sp³-hybridized carbons (Fsp3) is 0.750. The van der Waals surface area contributed by atoms with Crippen LogP contribution in [0.25, 0.3) is 0 Å². The van der Waals surface area contributed by atoms with Crippen molar-refractivity contribution in [2.24, 2.45) is 0 Å². The summed E-state index contributed by atoms with van der Waals surface area (Å²) in [4.78, 5) is 13.6. The lowest BCUT2D eigenvalue weighted by molar-refractivity contribution is -0.128. The van der Waals surface area contributed by atoms with Gasteiger partial charge in [-0.05, 0) is 19.3 Å². The number of carbonyl (C=O) groups is 1. The minimum Gasteiger partial charge on any atom is -0.416 e. The summed E-state index contributed by atoms with van der Waals surface area (Å²) in [5.41, 5.74) is 0. The Kier molecular flexibility index (Phi) is 3.96. The second-order valence-corrected chi connectivity index (χ2v) is 8.69. The van der Waals surface area contributed by atoms with E-state index >= 15 is 0 Å². The quantitative estimate of drug-likeness (QED) is 0.733. The van der Waals surface area contributed by atoms with Crippen LogP contribution in [0.4, 0.5) is 0 Å². The van der Waals surface area contributed by atoms with Gasteiger partial charge in [0.2, 0.25) is 11.8 Å². The van der Waals surface area contributed by atoms with Gasteiger partial charge < -0.3 is 9.32 Å². The Hall–Kier alpha value is -1.09. The summed E-state index contributed by atoms with van der Waals surface area (Å²) in [5, 5.41) is 8.27. The highest BCUT2D eigenvalue weighted by atomic mass is 32.2. The van der Waals surface area contributed by atoms with Crippen LogP contribution in [0, 0.1) is 0 Å². The lowest BCUT2D eigenvalue weighted by Gasteiger charge is -2.22. The van der Waals surface area contributed by atoms with Gasteiger partial charge in [-0.15, -0.1) is 10.2 Å². The summed E-state index contributed by atoms with van der Waals surface area (Å²) < 4.78 is 28.4. The molecule has 1 amide bonds. The standard InChI is InChI=1S/C12H17N3O4S2/c1-15(9-4-5-21(17,18)7-9)10(16)6-20-12-14-13-11(19-12)8-2-3-8/h8-9H,2-7H2,1H3/t9-/m0/s1. The Labute approximate surface area is 127 Å². The first kappa shape index (κ1) is 14.8. The maximum atomic E-state index is 12.1. The fourth-order valence-corrected chi connectivity index (χ4v) is 4.75. The van der Waals surface area contributed by atoms with Crippen molar-refractivity contribution in [3.05, 3.63) is 5.89 Å². The van der Waals surface area contributed by atoms with Gasteiger partial charge in [0, 0.05) is 19.0 Å². The second kappa shape index (κ2) is 5.60. The van der Waals surface area contributed by atoms with Gasteiger partial charge in [-0.25, -0.2) is 8.42 Å². The number of thioether (sulfide) groups is 1. The number of hydrogen-bond donors (Lipinski definition) is 0. The van der Waals surface area contributed by atoms with Gasteiger partial charge >= 0.3 is 0 Å². The van der Waals surface area contributed by atoms with Crippen LogP contribution >= 0.6 is 11.8 Å². The SMILES string of the molecule is CN(C(=O)CSc1nnc(C2CC2)o1)[C@H]1CCS(=O)(=O)C1. The second-order valence-electron chi connectivity index (χ2n) is 5.53. The van der Waals surface area contributed by atoms with Crippen molar-refractivity contribution in [2.45, 2.75) is 36.4 Å². The summed E-state index contributed by atoms with van der Waals surface area (Å²) >= 11 is 1.20. The number of carbonyl (C=O) groups excluding carboxylic acids is 1. The van der Waals surface area contributed by atoms with E-state index in [1.165, 1.54) is 16.7 Å². The first-order chi connectivity index (χ1) is 9.94. The molecule has 0 unspecified atom stereocenters. The van der Waals surface area contributed by atoms with Crippen molar-refractivity contribution in [2.75, 3.05) is 24.3 Å². The molecule has 2 fully saturated rings. The summed E-state index contributed by atoms with van der Waals surface area (Å²) in [7, 11) is -1.33. The maximum absolute atomic E-state index is 12.1. The van der Waals surface area contributed by atoms with Crippen LogP contribution in [0.5, 0.6) is 0 Å². The zero-order valence-electron chi connectivity index (χ0n) is 11.7. The molecule has 0 radical (unpaired) electrons. The van der Waals surface area contributed by atoms with E-state index < -0.39 is 9.84 Å². The van der Waals surface area contributed by atoms with Crippen LogP contribution in [0.2, 0.25) is 0 Å². The lowest BCUT2D eigenvalue weighted by atomic mass is 10.2. The van der Waals surface area contributed by atoms with Crippen molar-refractivity contribution in [3.8, 4) is 0 Å². The first-order valence-electron chi connectivity index (χ1n) is 6.87. The van der Waals surface area contributed by atoms with Crippen molar-refractivity contribution in [1.82, 2.24) is 15.1 Å². The summed E-state index contributed by atoms with van der Waals surface area (Å²) in [6.45, 7) is 0. The lowest BCUT2D eigenvalue weighted by Crippen LogP contribution is -2.38. The number of nitrogens with zero attached hydrogens (tertiary/aromatic N) is 3. The number of amides is 1. The molecule has 1 aliphatic heterocycles. The van der Waals surface area contributed by atoms with Crippen molar-refractivity contribution >= 4 is 27.5 Å². The minimum absolute atomic E-state index is 0.0618. The molecule has 0 spiro atoms. The molecule has 1 aromatic rings. The number of hydrogen-bond acceptors (Lipinski definition) is 7. The molecule has 116 valence electrons. The Morgan fingerprint density at radius 2 is 2.14 bits per heavy atom. The largest absolute Gasteiger partial charge is 0.416 e. The Morgan fingerprint density at radius 1 is 1.38 bits per heavy atom. The molecule has 1 saturated carbocycles. The van der Waals surface area contributed by atoms with Crippen LogP contribution in [0.3, 0.4) is 0 Å². The van der Waals surface area contributed by atoms with Gasteiger partial charge in [0.15, 0.2) is 9.84 Å². The predicted octanol–water partition coefficient (Wildman–Crippen LogP) is 0.685. The van der Waals surface area contributed by atoms with Crippen LogP contribution in [0.1, 0.15) is 31.1 Å². The number of rotatable bonds is 5. The minimum atomic E-state index is -2.98. The highest BCUT2D eigenvalue weighted by Crippen LogP contribution is 2.39. The predicted molar refractivity (Wildman–Crippen MR) is 76.8 cm³/mol. The molecule has 1 aromatic heterocycles. The molecule has 1 saturated heterocycles. The summed E-state index contributed by atoms with van der Waals surface area (Å²) in [5.74, 6) is 1.34. The van der Waals surface area contributed by atoms with E-state index in [0.717, 1.165) is 12.8 Å². The van der Waals surface area contributed by atoms with E-state index in [0.29, 0.717) is 23.5 Å². The molecule has 21 heavy (non-hydrogen) atoms. The first-order valence-corrected chi connectivity index (χ1v) is 9.67. The molecule has 1 aliphatic carbocycles. The van der Waals surface area contributed by atoms with E-state index in [4.69, 9.17) is 4.42 Å². The Balaban J connectivity index is 1.51. The van der Waals surface area contributed by atoms with Gasteiger partial charge in [0.25, 0.3) is 5.22 Å². The number of aromatic nitrogens is 2. The zero-order chi connectivity index (χ0) is 15.0. The van der Waals surface area contributed by atoms with E-state index in [9.17, 15) is 13.2 Å². The van der Waals surface area contributed by atoms with Gasteiger partial charge in [0.1, 0.15) is 0 Å². The molecular weight excluding hydrogens is 314 g/mol. The molecule has 7 nitrogen and oxygen atoms in total. The van der Waals surface area contributed by atoms with Gasteiger partial charge in [-0.1, -0.05) is 11.8 Å². The van der Waals surface area contributed by atoms with E-state index in [1.807, 2.05) is 0 Å². The van der Waals surface area contributed by atoms with Gasteiger partial charge in [-0.3, -0.25) is 4.79 Å². The average Bonchev–Trinajstić information content (AvgIpc) is 3.07. The van der Waals surface area contributed by atoms with E-state index in [1.54, 1.807) is 7.05 Å². The van der Waals surface area contributed by atoms with Gasteiger partial charge in [-0.2, -0.15) is 0 Å². The normalized spacial score (nSPS) is 24.1. The Bertz CT molecular complexity index is 639. The summed E-state index contributed by atoms with van der Waals surface area (Å²) in [6, 6.07) is -0.215. The van der Waals surface area contributed by atoms with Crippen LogP contribution < -0.4 is 0 Å². The van der Waals surface area contributed by atoms with E-state index in [2.05, 4.69) is 10.2 Å². The van der Waals surface area contributed by atoms with Crippen LogP contribution in [-0.4, -0.2) is 59.8 Å². The fourth-order valence-electron chi connectivity index (χ4n) is 2.28. The Morgan fingerprint density at radius 3 is 2.76 bits per heavy atom. The average molecular weight is 331 g/mol. The molecule has 1 atom stereocenters. The summed E-state index contributed by atoms with van der Waals surface area (Å²) in [6.07, 6.45) is 2.69. The molecular formula is C12H17N3O4S2. The molecule has 0 N–H and O–H groups in total. The topological polar surface area (TPSA) is 93.4 Å². The third kappa shape index (κ3) is 3.57. The molecule has 0 bridgehead atoms. The molecule has 3 rings (SSSR count). The van der Waals surface area contributed by atoms with E-state index in [-0.39, 0.29) is 29.2 Å². The third-order valence-electron chi connectivity index (χ3n) is 3.82. The monoisotopic (exact) mass is 331 g/mol. The molecule has 2 heterocycles. The maximum Gasteiger partial charge on any atom is 0.277 e. The van der Waals surface area contributed by atoms with Crippen molar-refractivity contribution in [3.63, 3.8) is 0 Å². The molecule has 0 aromatic carbocycles. The van der Waals surface area contributed by atoms with Crippen LogP contribution in [-0.2, 0) is 14.6 Å². The van der Waals surface area contributed by atoms with Gasteiger partial charge in [0.05, 0.1) is 17.3 Å². The molecule has 9 heteroatoms. The molecule has 2 aliphatic rings. The van der Waals surface area contributed by atoms with Crippen molar-refractivity contribution < 1.29 is 17.6 Å². The highest BCUT2D eigenvalue weighted by Gasteiger charge is 2.33. The number of sulfone groups is 1. The third-order valence-corrected chi connectivity index (χ3v) is 6.37. The van der Waals surface area contributed by atoms with Crippen molar-refractivity contribution in [1.29, 1.82) is 0 Å². The van der Waals surface area contributed by atoms with Crippen LogP contribution in [0.15, 0.2) is 9.64 Å². The highest BCUT2D eigenvalue weighted by molar-refractivity contribution is 7.99. The zero-order valence-corrected chi connectivity index (χ0v) is 13.3. The smallest absolute Gasteiger partial charge is 0.277 e.